The highest BCUT2D eigenvalue weighted by molar-refractivity contribution is 5.83. The molecule has 1 aromatic heterocycles. The molecule has 180 valence electrons. The van der Waals surface area contributed by atoms with Gasteiger partial charge in [0.25, 0.3) is 5.56 Å². The SMILES string of the molecule is Cc1c(N=C(Oc2ccccc2F)C(C)Cc2ccc(F)cc2)n(C)c(=O)n(CCCO)c1=O. The molecule has 34 heavy (non-hydrogen) atoms. The predicted octanol–water partition coefficient (Wildman–Crippen LogP) is 3.50. The minimum Gasteiger partial charge on any atom is -0.440 e. The molecular weight excluding hydrogens is 444 g/mol. The van der Waals surface area contributed by atoms with E-state index in [9.17, 15) is 18.4 Å². The molecule has 0 aliphatic heterocycles. The molecule has 0 amide bonds. The molecule has 1 unspecified atom stereocenters. The number of aliphatic hydroxyl groups is 1. The van der Waals surface area contributed by atoms with Crippen molar-refractivity contribution in [3.63, 3.8) is 0 Å². The normalized spacial score (nSPS) is 12.6. The van der Waals surface area contributed by atoms with Gasteiger partial charge < -0.3 is 9.84 Å². The smallest absolute Gasteiger partial charge is 0.332 e. The number of hydrogen-bond donors (Lipinski definition) is 1. The van der Waals surface area contributed by atoms with Crippen molar-refractivity contribution in [3.8, 4) is 5.75 Å². The molecular formula is C25H27F2N3O4. The summed E-state index contributed by atoms with van der Waals surface area (Å²) in [7, 11) is 1.48. The van der Waals surface area contributed by atoms with Crippen LogP contribution in [0.5, 0.6) is 5.75 Å². The summed E-state index contributed by atoms with van der Waals surface area (Å²) in [5.74, 6) is -1.22. The van der Waals surface area contributed by atoms with Crippen LogP contribution in [0.4, 0.5) is 14.6 Å². The Labute approximate surface area is 195 Å². The molecule has 0 fully saturated rings. The molecule has 3 aromatic rings. The standard InChI is InChI=1S/C25H27F2N3O4/c1-16(15-18-9-11-19(26)12-10-18)23(34-21-8-5-4-7-20(21)27)28-22-17(2)24(32)30(13-6-14-31)25(33)29(22)3/h4-5,7-12,16,31H,6,13-15H2,1-3H3. The zero-order valence-electron chi connectivity index (χ0n) is 19.3. The lowest BCUT2D eigenvalue weighted by Crippen LogP contribution is -2.40. The number of para-hydroxylation sites is 1. The summed E-state index contributed by atoms with van der Waals surface area (Å²) in [6.45, 7) is 3.27. The van der Waals surface area contributed by atoms with Gasteiger partial charge in [-0.15, -0.1) is 0 Å². The number of aliphatic imine (C=N–C) groups is 1. The maximum atomic E-state index is 14.3. The Hall–Kier alpha value is -3.59. The number of aromatic nitrogens is 2. The first kappa shape index (κ1) is 25.0. The monoisotopic (exact) mass is 471 g/mol. The number of rotatable bonds is 8. The van der Waals surface area contributed by atoms with Crippen LogP contribution in [0.25, 0.3) is 0 Å². The lowest BCUT2D eigenvalue weighted by Gasteiger charge is -2.18. The number of nitrogens with zero attached hydrogens (tertiary/aromatic N) is 3. The van der Waals surface area contributed by atoms with E-state index >= 15 is 0 Å². The molecule has 1 N–H and O–H groups in total. The number of halogens is 2. The fraction of sp³-hybridized carbons (Fsp3) is 0.320. The highest BCUT2D eigenvalue weighted by atomic mass is 19.1. The highest BCUT2D eigenvalue weighted by Crippen LogP contribution is 2.22. The summed E-state index contributed by atoms with van der Waals surface area (Å²) in [5.41, 5.74) is -0.0848. The Morgan fingerprint density at radius 1 is 1.12 bits per heavy atom. The van der Waals surface area contributed by atoms with Crippen molar-refractivity contribution in [1.82, 2.24) is 9.13 Å². The van der Waals surface area contributed by atoms with E-state index in [2.05, 4.69) is 4.99 Å². The topological polar surface area (TPSA) is 85.8 Å². The Morgan fingerprint density at radius 2 is 1.79 bits per heavy atom. The highest BCUT2D eigenvalue weighted by Gasteiger charge is 2.20. The van der Waals surface area contributed by atoms with Crippen LogP contribution in [0.2, 0.25) is 0 Å². The average Bonchev–Trinajstić information content (AvgIpc) is 2.82. The van der Waals surface area contributed by atoms with E-state index in [-0.39, 0.29) is 48.4 Å². The minimum absolute atomic E-state index is 0.0499. The van der Waals surface area contributed by atoms with Crippen molar-refractivity contribution < 1.29 is 18.6 Å². The van der Waals surface area contributed by atoms with Crippen molar-refractivity contribution in [2.45, 2.75) is 33.2 Å². The Bertz CT molecular complexity index is 1260. The van der Waals surface area contributed by atoms with Crippen LogP contribution < -0.4 is 16.0 Å². The van der Waals surface area contributed by atoms with E-state index in [4.69, 9.17) is 9.84 Å². The van der Waals surface area contributed by atoms with Crippen molar-refractivity contribution in [1.29, 1.82) is 0 Å². The Kier molecular flexibility index (Phi) is 8.12. The van der Waals surface area contributed by atoms with Gasteiger partial charge >= 0.3 is 5.69 Å². The molecule has 9 heteroatoms. The second kappa shape index (κ2) is 11.0. The zero-order chi connectivity index (χ0) is 24.8. The van der Waals surface area contributed by atoms with Crippen molar-refractivity contribution in [2.75, 3.05) is 6.61 Å². The third-order valence-corrected chi connectivity index (χ3v) is 5.42. The van der Waals surface area contributed by atoms with Gasteiger partial charge in [0.15, 0.2) is 17.5 Å². The summed E-state index contributed by atoms with van der Waals surface area (Å²) in [6, 6.07) is 11.8. The molecule has 0 saturated carbocycles. The third-order valence-electron chi connectivity index (χ3n) is 5.42. The number of hydrogen-bond acceptors (Lipinski definition) is 5. The van der Waals surface area contributed by atoms with Crippen LogP contribution in [-0.2, 0) is 20.0 Å². The third kappa shape index (κ3) is 5.66. The van der Waals surface area contributed by atoms with Gasteiger partial charge in [-0.25, -0.2) is 13.6 Å². The lowest BCUT2D eigenvalue weighted by molar-refractivity contribution is 0.277. The van der Waals surface area contributed by atoms with Gasteiger partial charge in [0.05, 0.1) is 5.56 Å². The van der Waals surface area contributed by atoms with Gasteiger partial charge in [-0.1, -0.05) is 31.2 Å². The van der Waals surface area contributed by atoms with Crippen molar-refractivity contribution in [3.05, 3.63) is 92.1 Å². The fourth-order valence-electron chi connectivity index (χ4n) is 3.53. The van der Waals surface area contributed by atoms with Gasteiger partial charge in [0, 0.05) is 26.1 Å². The summed E-state index contributed by atoms with van der Waals surface area (Å²) in [5, 5.41) is 9.07. The first-order valence-corrected chi connectivity index (χ1v) is 10.9. The van der Waals surface area contributed by atoms with Crippen molar-refractivity contribution in [2.24, 2.45) is 18.0 Å². The van der Waals surface area contributed by atoms with Gasteiger partial charge in [-0.05, 0) is 49.6 Å². The van der Waals surface area contributed by atoms with Crippen LogP contribution in [0, 0.1) is 24.5 Å². The Balaban J connectivity index is 2.09. The first-order valence-electron chi connectivity index (χ1n) is 10.9. The average molecular weight is 472 g/mol. The molecule has 7 nitrogen and oxygen atoms in total. The second-order valence-corrected chi connectivity index (χ2v) is 8.04. The molecule has 0 spiro atoms. The van der Waals surface area contributed by atoms with E-state index in [0.29, 0.717) is 6.42 Å². The molecule has 0 aliphatic carbocycles. The van der Waals surface area contributed by atoms with E-state index < -0.39 is 23.0 Å². The van der Waals surface area contributed by atoms with Crippen molar-refractivity contribution >= 4 is 11.7 Å². The van der Waals surface area contributed by atoms with Gasteiger partial charge in [0.1, 0.15) is 11.6 Å². The van der Waals surface area contributed by atoms with Crippen LogP contribution in [0.15, 0.2) is 63.1 Å². The van der Waals surface area contributed by atoms with Crippen LogP contribution in [-0.4, -0.2) is 26.7 Å². The summed E-state index contributed by atoms with van der Waals surface area (Å²) >= 11 is 0. The largest absolute Gasteiger partial charge is 0.440 e. The zero-order valence-corrected chi connectivity index (χ0v) is 19.3. The maximum Gasteiger partial charge on any atom is 0.332 e. The molecule has 3 rings (SSSR count). The van der Waals surface area contributed by atoms with Gasteiger partial charge in [0.2, 0.25) is 0 Å². The number of aliphatic hydroxyl groups excluding tert-OH is 1. The quantitative estimate of drug-likeness (QED) is 0.403. The second-order valence-electron chi connectivity index (χ2n) is 8.04. The summed E-state index contributed by atoms with van der Waals surface area (Å²) in [4.78, 5) is 30.1. The number of ether oxygens (including phenoxy) is 1. The first-order chi connectivity index (χ1) is 16.2. The molecule has 1 atom stereocenters. The molecule has 0 aliphatic rings. The molecule has 1 heterocycles. The molecule has 0 saturated heterocycles. The Morgan fingerprint density at radius 3 is 2.44 bits per heavy atom. The minimum atomic E-state index is -0.589. The summed E-state index contributed by atoms with van der Waals surface area (Å²) in [6.07, 6.45) is 0.654. The maximum absolute atomic E-state index is 14.3. The number of benzene rings is 2. The molecule has 2 aromatic carbocycles. The fourth-order valence-corrected chi connectivity index (χ4v) is 3.53. The summed E-state index contributed by atoms with van der Waals surface area (Å²) < 4.78 is 35.7. The van der Waals surface area contributed by atoms with Crippen LogP contribution in [0.1, 0.15) is 24.5 Å². The van der Waals surface area contributed by atoms with E-state index in [1.165, 1.54) is 41.9 Å². The van der Waals surface area contributed by atoms with Crippen LogP contribution >= 0.6 is 0 Å². The molecule has 0 radical (unpaired) electrons. The van der Waals surface area contributed by atoms with E-state index in [1.54, 1.807) is 32.0 Å². The van der Waals surface area contributed by atoms with Gasteiger partial charge in [-0.3, -0.25) is 13.9 Å². The van der Waals surface area contributed by atoms with E-state index in [1.807, 2.05) is 0 Å². The van der Waals surface area contributed by atoms with E-state index in [0.717, 1.165) is 10.1 Å². The predicted molar refractivity (Wildman–Crippen MR) is 126 cm³/mol. The van der Waals surface area contributed by atoms with Gasteiger partial charge in [-0.2, -0.15) is 4.99 Å². The van der Waals surface area contributed by atoms with Crippen LogP contribution in [0.3, 0.4) is 0 Å². The lowest BCUT2D eigenvalue weighted by atomic mass is 10.0. The molecule has 0 bridgehead atoms.